The van der Waals surface area contributed by atoms with E-state index in [4.69, 9.17) is 10.8 Å². The van der Waals surface area contributed by atoms with Gasteiger partial charge < -0.3 is 11.1 Å². The maximum atomic E-state index is 13.1. The number of piperidine rings is 1. The van der Waals surface area contributed by atoms with E-state index in [1.165, 1.54) is 6.33 Å². The Labute approximate surface area is 214 Å². The summed E-state index contributed by atoms with van der Waals surface area (Å²) in [5, 5.41) is 10.6. The summed E-state index contributed by atoms with van der Waals surface area (Å²) in [6, 6.07) is 20.6. The second kappa shape index (κ2) is 9.55. The summed E-state index contributed by atoms with van der Waals surface area (Å²) in [6.45, 7) is 2.00. The highest BCUT2D eigenvalue weighted by atomic mass is 32.2. The first-order valence-electron chi connectivity index (χ1n) is 12.3. The molecule has 0 spiro atoms. The Kier molecular flexibility index (Phi) is 6.07. The van der Waals surface area contributed by atoms with E-state index in [9.17, 15) is 8.42 Å². The fourth-order valence-corrected chi connectivity index (χ4v) is 6.21. The first-order valence-corrected chi connectivity index (χ1v) is 13.8. The average Bonchev–Trinajstić information content (AvgIpc) is 3.33. The van der Waals surface area contributed by atoms with Gasteiger partial charge in [-0.15, -0.1) is 0 Å². The molecule has 0 radical (unpaired) electrons. The van der Waals surface area contributed by atoms with Crippen LogP contribution in [-0.2, 0) is 16.6 Å². The molecule has 0 amide bonds. The zero-order chi connectivity index (χ0) is 25.4. The van der Waals surface area contributed by atoms with Gasteiger partial charge in [-0.1, -0.05) is 60.7 Å². The van der Waals surface area contributed by atoms with Crippen molar-refractivity contribution < 1.29 is 8.42 Å². The molecule has 0 bridgehead atoms. The third kappa shape index (κ3) is 4.43. The largest absolute Gasteiger partial charge is 0.383 e. The molecule has 0 aliphatic carbocycles. The van der Waals surface area contributed by atoms with Crippen LogP contribution in [0.3, 0.4) is 0 Å². The van der Waals surface area contributed by atoms with Gasteiger partial charge in [0.15, 0.2) is 5.65 Å². The summed E-state index contributed by atoms with van der Waals surface area (Å²) in [5.74, 6) is 0.391. The van der Waals surface area contributed by atoms with Crippen LogP contribution in [0.2, 0.25) is 0 Å². The minimum absolute atomic E-state index is 0.167. The van der Waals surface area contributed by atoms with Crippen LogP contribution in [0.1, 0.15) is 24.4 Å². The average molecular weight is 514 g/mol. The van der Waals surface area contributed by atoms with E-state index < -0.39 is 10.0 Å². The predicted octanol–water partition coefficient (Wildman–Crippen LogP) is 3.63. The zero-order valence-corrected chi connectivity index (χ0v) is 20.9. The van der Waals surface area contributed by atoms with E-state index in [-0.39, 0.29) is 17.5 Å². The van der Waals surface area contributed by atoms with E-state index >= 15 is 0 Å². The van der Waals surface area contributed by atoms with E-state index in [0.717, 1.165) is 59.2 Å². The lowest BCUT2D eigenvalue weighted by molar-refractivity contribution is 0.354. The van der Waals surface area contributed by atoms with Crippen molar-refractivity contribution in [3.05, 3.63) is 78.6 Å². The van der Waals surface area contributed by atoms with Crippen LogP contribution in [0.15, 0.2) is 78.0 Å². The molecule has 10 heteroatoms. The molecule has 1 fully saturated rings. The Morgan fingerprint density at radius 2 is 1.84 bits per heavy atom. The molecule has 4 N–H and O–H groups in total. The molecule has 1 saturated heterocycles. The number of nitrogens with zero attached hydrogens (tertiary/aromatic N) is 4. The fraction of sp³-hybridized carbons (Fsp3) is 0.222. The molecule has 9 nitrogen and oxygen atoms in total. The number of hydrogen-bond donors (Lipinski definition) is 3. The lowest BCUT2D eigenvalue weighted by Gasteiger charge is -2.23. The van der Waals surface area contributed by atoms with Crippen LogP contribution in [0, 0.1) is 0 Å². The Bertz CT molecular complexity index is 1690. The van der Waals surface area contributed by atoms with Crippen LogP contribution >= 0.6 is 0 Å². The molecule has 5 aromatic rings. The van der Waals surface area contributed by atoms with E-state index in [2.05, 4.69) is 20.0 Å². The van der Waals surface area contributed by atoms with Gasteiger partial charge >= 0.3 is 0 Å². The number of benzene rings is 3. The predicted molar refractivity (Wildman–Crippen MR) is 144 cm³/mol. The zero-order valence-electron chi connectivity index (χ0n) is 20.1. The fourth-order valence-electron chi connectivity index (χ4n) is 4.96. The van der Waals surface area contributed by atoms with Crippen molar-refractivity contribution in [2.24, 2.45) is 0 Å². The number of rotatable bonds is 6. The maximum absolute atomic E-state index is 13.1. The highest BCUT2D eigenvalue weighted by molar-refractivity contribution is 7.89. The van der Waals surface area contributed by atoms with Crippen molar-refractivity contribution in [2.75, 3.05) is 18.8 Å². The van der Waals surface area contributed by atoms with Crippen LogP contribution in [-0.4, -0.2) is 41.3 Å². The molecule has 188 valence electrons. The van der Waals surface area contributed by atoms with E-state index in [1.54, 1.807) is 12.1 Å². The molecule has 0 unspecified atom stereocenters. The summed E-state index contributed by atoms with van der Waals surface area (Å²) >= 11 is 0. The SMILES string of the molecule is Nc1ncnc2c1c(-c1ccc(CNS(=O)(=O)c3cccc4ccccc34)cc1)nn2[C@@H]1CCCNC1. The highest BCUT2D eigenvalue weighted by Gasteiger charge is 2.23. The maximum Gasteiger partial charge on any atom is 0.241 e. The topological polar surface area (TPSA) is 128 Å². The lowest BCUT2D eigenvalue weighted by atomic mass is 10.1. The summed E-state index contributed by atoms with van der Waals surface area (Å²) < 4.78 is 30.9. The third-order valence-electron chi connectivity index (χ3n) is 6.87. The third-order valence-corrected chi connectivity index (χ3v) is 8.33. The lowest BCUT2D eigenvalue weighted by Crippen LogP contribution is -2.32. The van der Waals surface area contributed by atoms with Crippen molar-refractivity contribution in [2.45, 2.75) is 30.3 Å². The number of sulfonamides is 1. The molecular weight excluding hydrogens is 486 g/mol. The number of hydrogen-bond acceptors (Lipinski definition) is 7. The first-order chi connectivity index (χ1) is 18.0. The van der Waals surface area contributed by atoms with Gasteiger partial charge in [-0.05, 0) is 36.4 Å². The number of fused-ring (bicyclic) bond motifs is 2. The van der Waals surface area contributed by atoms with Gasteiger partial charge in [0, 0.05) is 24.0 Å². The molecule has 37 heavy (non-hydrogen) atoms. The van der Waals surface area contributed by atoms with Gasteiger partial charge in [0.25, 0.3) is 0 Å². The molecule has 2 aromatic heterocycles. The van der Waals surface area contributed by atoms with E-state index in [0.29, 0.717) is 11.2 Å². The van der Waals surface area contributed by atoms with Gasteiger partial charge in [0.1, 0.15) is 17.8 Å². The van der Waals surface area contributed by atoms with Crippen LogP contribution in [0.25, 0.3) is 33.1 Å². The Morgan fingerprint density at radius 3 is 2.65 bits per heavy atom. The molecule has 1 atom stereocenters. The summed E-state index contributed by atoms with van der Waals surface area (Å²) in [6.07, 6.45) is 3.56. The van der Waals surface area contributed by atoms with Crippen LogP contribution < -0.4 is 15.8 Å². The Balaban J connectivity index is 1.27. The minimum atomic E-state index is -3.70. The van der Waals surface area contributed by atoms with Gasteiger partial charge in [-0.2, -0.15) is 5.10 Å². The van der Waals surface area contributed by atoms with Gasteiger partial charge in [0.2, 0.25) is 10.0 Å². The molecular formula is C27H27N7O2S. The van der Waals surface area contributed by atoms with E-state index in [1.807, 2.05) is 59.3 Å². The number of aromatic nitrogens is 4. The Hall–Kier alpha value is -3.86. The summed E-state index contributed by atoms with van der Waals surface area (Å²) in [7, 11) is -3.70. The van der Waals surface area contributed by atoms with Crippen LogP contribution in [0.5, 0.6) is 0 Å². The number of nitrogens with one attached hydrogen (secondary N) is 2. The first kappa shape index (κ1) is 23.5. The monoisotopic (exact) mass is 513 g/mol. The van der Waals surface area contributed by atoms with Gasteiger partial charge in [0.05, 0.1) is 16.3 Å². The van der Waals surface area contributed by atoms with Crippen LogP contribution in [0.4, 0.5) is 5.82 Å². The van der Waals surface area contributed by atoms with Gasteiger partial charge in [-0.25, -0.2) is 27.8 Å². The number of nitrogen functional groups attached to an aromatic ring is 1. The van der Waals surface area contributed by atoms with Crippen molar-refractivity contribution >= 4 is 37.6 Å². The molecule has 1 aliphatic rings. The van der Waals surface area contributed by atoms with Crippen molar-refractivity contribution in [1.82, 2.24) is 29.8 Å². The summed E-state index contributed by atoms with van der Waals surface area (Å²) in [4.78, 5) is 8.96. The standard InChI is InChI=1S/C27H27N7O2S/c28-26-24-25(33-34(27(24)31-17-30-26)21-7-4-14-29-16-21)20-12-10-18(11-13-20)15-32-37(35,36)23-9-3-6-19-5-1-2-8-22(19)23/h1-3,5-6,8-13,17,21,29,32H,4,7,14-16H2,(H2,28,30,31)/t21-/m1/s1. The van der Waals surface area contributed by atoms with Crippen molar-refractivity contribution in [3.8, 4) is 11.3 Å². The molecule has 6 rings (SSSR count). The molecule has 3 heterocycles. The van der Waals surface area contributed by atoms with Crippen molar-refractivity contribution in [1.29, 1.82) is 0 Å². The number of anilines is 1. The molecule has 0 saturated carbocycles. The second-order valence-electron chi connectivity index (χ2n) is 9.25. The second-order valence-corrected chi connectivity index (χ2v) is 11.0. The smallest absolute Gasteiger partial charge is 0.241 e. The normalized spacial score (nSPS) is 16.4. The van der Waals surface area contributed by atoms with Crippen molar-refractivity contribution in [3.63, 3.8) is 0 Å². The number of nitrogens with two attached hydrogens (primary N) is 1. The summed E-state index contributed by atoms with van der Waals surface area (Å²) in [5.41, 5.74) is 9.41. The molecule has 1 aliphatic heterocycles. The quantitative estimate of drug-likeness (QED) is 0.316. The Morgan fingerprint density at radius 1 is 1.03 bits per heavy atom. The van der Waals surface area contributed by atoms with Gasteiger partial charge in [-0.3, -0.25) is 0 Å². The minimum Gasteiger partial charge on any atom is -0.383 e. The molecule has 3 aromatic carbocycles. The highest BCUT2D eigenvalue weighted by Crippen LogP contribution is 2.33.